The summed E-state index contributed by atoms with van der Waals surface area (Å²) in [6, 6.07) is 0. The Labute approximate surface area is 106 Å². The van der Waals surface area contributed by atoms with Gasteiger partial charge >= 0.3 is 0 Å². The summed E-state index contributed by atoms with van der Waals surface area (Å²) in [5.41, 5.74) is 0. The molecule has 0 aromatic carbocycles. The fraction of sp³-hybridized carbons (Fsp3) is 0.867. The highest BCUT2D eigenvalue weighted by atomic mass is 16.7. The van der Waals surface area contributed by atoms with Crippen LogP contribution in [-0.2, 0) is 9.47 Å². The Kier molecular flexibility index (Phi) is 8.89. The molecule has 1 aliphatic rings. The fourth-order valence-electron chi connectivity index (χ4n) is 2.21. The van der Waals surface area contributed by atoms with Crippen LogP contribution in [0.1, 0.15) is 77.6 Å². The third kappa shape index (κ3) is 8.12. The van der Waals surface area contributed by atoms with E-state index in [0.29, 0.717) is 0 Å². The summed E-state index contributed by atoms with van der Waals surface area (Å²) in [4.78, 5) is 0. The molecule has 0 atom stereocenters. The van der Waals surface area contributed by atoms with Crippen LogP contribution in [0.2, 0.25) is 0 Å². The Hall–Kier alpha value is -0.660. The number of unbranched alkanes of at least 4 members (excludes halogenated alkanes) is 9. The molecule has 0 aromatic heterocycles. The van der Waals surface area contributed by atoms with E-state index in [2.05, 4.69) is 6.92 Å². The fourth-order valence-corrected chi connectivity index (χ4v) is 2.21. The third-order valence-corrected chi connectivity index (χ3v) is 3.31. The molecular formula is C15H28O2. The van der Waals surface area contributed by atoms with Crippen LogP contribution in [0.3, 0.4) is 0 Å². The molecule has 0 saturated carbocycles. The zero-order chi connectivity index (χ0) is 12.2. The molecule has 0 radical (unpaired) electrons. The van der Waals surface area contributed by atoms with Gasteiger partial charge in [-0.05, 0) is 6.42 Å². The smallest absolute Gasteiger partial charge is 0.239 e. The first kappa shape index (κ1) is 14.4. The number of hydrogen-bond donors (Lipinski definition) is 0. The van der Waals surface area contributed by atoms with Crippen molar-refractivity contribution < 1.29 is 9.47 Å². The first-order valence-electron chi connectivity index (χ1n) is 7.39. The molecule has 17 heavy (non-hydrogen) atoms. The molecule has 0 fully saturated rings. The molecule has 100 valence electrons. The summed E-state index contributed by atoms with van der Waals surface area (Å²) in [5.74, 6) is 0. The van der Waals surface area contributed by atoms with Crippen LogP contribution in [0.4, 0.5) is 0 Å². The third-order valence-electron chi connectivity index (χ3n) is 3.31. The predicted octanol–water partition coefficient (Wildman–Crippen LogP) is 5.14. The van der Waals surface area contributed by atoms with Gasteiger partial charge in [0, 0.05) is 6.42 Å². The molecule has 0 aromatic rings. The van der Waals surface area contributed by atoms with E-state index in [0.717, 1.165) is 6.42 Å². The Morgan fingerprint density at radius 1 is 0.706 bits per heavy atom. The van der Waals surface area contributed by atoms with E-state index in [9.17, 15) is 0 Å². The molecule has 0 aliphatic carbocycles. The maximum Gasteiger partial charge on any atom is 0.239 e. The molecule has 1 heterocycles. The van der Waals surface area contributed by atoms with Gasteiger partial charge in [-0.15, -0.1) is 0 Å². The maximum absolute atomic E-state index is 5.23. The van der Waals surface area contributed by atoms with E-state index in [1.54, 1.807) is 12.5 Å². The monoisotopic (exact) mass is 240 g/mol. The lowest BCUT2D eigenvalue weighted by molar-refractivity contribution is -0.0295. The lowest BCUT2D eigenvalue weighted by Gasteiger charge is -2.09. The van der Waals surface area contributed by atoms with Crippen LogP contribution in [0.25, 0.3) is 0 Å². The molecule has 0 saturated heterocycles. The minimum absolute atomic E-state index is 0.00374. The average molecular weight is 240 g/mol. The van der Waals surface area contributed by atoms with Crippen LogP contribution in [0.15, 0.2) is 12.5 Å². The first-order chi connectivity index (χ1) is 8.43. The van der Waals surface area contributed by atoms with Gasteiger partial charge in [0.2, 0.25) is 6.29 Å². The van der Waals surface area contributed by atoms with Gasteiger partial charge in [0.1, 0.15) is 12.5 Å². The maximum atomic E-state index is 5.23. The van der Waals surface area contributed by atoms with Gasteiger partial charge in [-0.3, -0.25) is 0 Å². The summed E-state index contributed by atoms with van der Waals surface area (Å²) < 4.78 is 10.5. The SMILES string of the molecule is CCCCCCCCCCCCC1OC=CO1. The highest BCUT2D eigenvalue weighted by Gasteiger charge is 2.10. The van der Waals surface area contributed by atoms with Crippen molar-refractivity contribution in [2.24, 2.45) is 0 Å². The molecule has 2 heteroatoms. The van der Waals surface area contributed by atoms with E-state index in [1.165, 1.54) is 64.2 Å². The zero-order valence-corrected chi connectivity index (χ0v) is 11.3. The zero-order valence-electron chi connectivity index (χ0n) is 11.3. The highest BCUT2D eigenvalue weighted by Crippen LogP contribution is 2.15. The second-order valence-corrected chi connectivity index (χ2v) is 4.94. The lowest BCUT2D eigenvalue weighted by Crippen LogP contribution is -2.06. The van der Waals surface area contributed by atoms with Crippen molar-refractivity contribution in [1.29, 1.82) is 0 Å². The van der Waals surface area contributed by atoms with Crippen LogP contribution in [0.5, 0.6) is 0 Å². The first-order valence-corrected chi connectivity index (χ1v) is 7.39. The van der Waals surface area contributed by atoms with Crippen molar-refractivity contribution in [1.82, 2.24) is 0 Å². The topological polar surface area (TPSA) is 18.5 Å². The Bertz CT molecular complexity index is 181. The molecule has 0 bridgehead atoms. The largest absolute Gasteiger partial charge is 0.459 e. The summed E-state index contributed by atoms with van der Waals surface area (Å²) in [6.45, 7) is 2.27. The van der Waals surface area contributed by atoms with Crippen molar-refractivity contribution in [2.45, 2.75) is 83.8 Å². The Morgan fingerprint density at radius 2 is 1.18 bits per heavy atom. The summed E-state index contributed by atoms with van der Waals surface area (Å²) >= 11 is 0. The molecular weight excluding hydrogens is 212 g/mol. The van der Waals surface area contributed by atoms with E-state index in [-0.39, 0.29) is 6.29 Å². The average Bonchev–Trinajstić information content (AvgIpc) is 2.85. The van der Waals surface area contributed by atoms with Crippen molar-refractivity contribution in [3.63, 3.8) is 0 Å². The van der Waals surface area contributed by atoms with Crippen LogP contribution >= 0.6 is 0 Å². The molecule has 1 aliphatic heterocycles. The predicted molar refractivity (Wildman–Crippen MR) is 71.6 cm³/mol. The van der Waals surface area contributed by atoms with Gasteiger partial charge in [-0.2, -0.15) is 0 Å². The highest BCUT2D eigenvalue weighted by molar-refractivity contribution is 4.70. The summed E-state index contributed by atoms with van der Waals surface area (Å²) in [6.07, 6.45) is 18.1. The van der Waals surface area contributed by atoms with Gasteiger partial charge in [0.25, 0.3) is 0 Å². The van der Waals surface area contributed by atoms with Crippen LogP contribution in [-0.4, -0.2) is 6.29 Å². The van der Waals surface area contributed by atoms with E-state index >= 15 is 0 Å². The van der Waals surface area contributed by atoms with Crippen LogP contribution in [0, 0.1) is 0 Å². The molecule has 0 amide bonds. The standard InChI is InChI=1S/C15H28O2/c1-2-3-4-5-6-7-8-9-10-11-12-15-16-13-14-17-15/h13-15H,2-12H2,1H3. The Morgan fingerprint density at radius 3 is 1.71 bits per heavy atom. The van der Waals surface area contributed by atoms with Gasteiger partial charge in [0.05, 0.1) is 0 Å². The van der Waals surface area contributed by atoms with Crippen LogP contribution < -0.4 is 0 Å². The van der Waals surface area contributed by atoms with E-state index < -0.39 is 0 Å². The summed E-state index contributed by atoms with van der Waals surface area (Å²) in [5, 5.41) is 0. The number of rotatable bonds is 11. The number of ether oxygens (including phenoxy) is 2. The van der Waals surface area contributed by atoms with Crippen molar-refractivity contribution in [3.8, 4) is 0 Å². The van der Waals surface area contributed by atoms with E-state index in [4.69, 9.17) is 9.47 Å². The molecule has 2 nitrogen and oxygen atoms in total. The normalized spacial score (nSPS) is 14.9. The van der Waals surface area contributed by atoms with Gasteiger partial charge < -0.3 is 9.47 Å². The van der Waals surface area contributed by atoms with Crippen molar-refractivity contribution >= 4 is 0 Å². The molecule has 0 N–H and O–H groups in total. The second-order valence-electron chi connectivity index (χ2n) is 4.94. The Balaban J connectivity index is 1.69. The van der Waals surface area contributed by atoms with Crippen molar-refractivity contribution in [3.05, 3.63) is 12.5 Å². The molecule has 1 rings (SSSR count). The number of hydrogen-bond acceptors (Lipinski definition) is 2. The van der Waals surface area contributed by atoms with E-state index in [1.807, 2.05) is 0 Å². The second kappa shape index (κ2) is 10.5. The van der Waals surface area contributed by atoms with Gasteiger partial charge in [0.15, 0.2) is 0 Å². The molecule has 0 spiro atoms. The molecule has 0 unspecified atom stereocenters. The quantitative estimate of drug-likeness (QED) is 0.465. The van der Waals surface area contributed by atoms with Gasteiger partial charge in [-0.1, -0.05) is 64.7 Å². The summed E-state index contributed by atoms with van der Waals surface area (Å²) in [7, 11) is 0. The van der Waals surface area contributed by atoms with Crippen molar-refractivity contribution in [2.75, 3.05) is 0 Å². The minimum atomic E-state index is 0.00374. The lowest BCUT2D eigenvalue weighted by atomic mass is 10.1. The van der Waals surface area contributed by atoms with Gasteiger partial charge in [-0.25, -0.2) is 0 Å². The minimum Gasteiger partial charge on any atom is -0.459 e.